The summed E-state index contributed by atoms with van der Waals surface area (Å²) in [5.41, 5.74) is 4.53. The fourth-order valence-corrected chi connectivity index (χ4v) is 3.25. The second-order valence-corrected chi connectivity index (χ2v) is 10.7. The molecule has 0 amide bonds. The highest BCUT2D eigenvalue weighted by atomic mass is 16.5. The first-order valence-corrected chi connectivity index (χ1v) is 11.7. The number of carbonyl (C=O) groups is 2. The summed E-state index contributed by atoms with van der Waals surface area (Å²) >= 11 is 0. The molecule has 0 aliphatic rings. The van der Waals surface area contributed by atoms with Crippen LogP contribution < -0.4 is 5.73 Å². The molecule has 7 heteroatoms. The molecule has 0 fully saturated rings. The highest BCUT2D eigenvalue weighted by Crippen LogP contribution is 2.34. The molecule has 2 radical (unpaired) electrons. The quantitative estimate of drug-likeness (QED) is 0.141. The summed E-state index contributed by atoms with van der Waals surface area (Å²) in [6, 6.07) is 0. The second kappa shape index (κ2) is 13.5. The maximum absolute atomic E-state index is 11.7. The summed E-state index contributed by atoms with van der Waals surface area (Å²) in [7, 11) is 5.56. The maximum atomic E-state index is 11.7. The maximum Gasteiger partial charge on any atom is 0.330 e. The van der Waals surface area contributed by atoms with Crippen molar-refractivity contribution in [2.45, 2.75) is 105 Å². The lowest BCUT2D eigenvalue weighted by atomic mass is 9.70. The van der Waals surface area contributed by atoms with Crippen molar-refractivity contribution in [1.29, 1.82) is 0 Å². The molecular weight excluding hydrogens is 405 g/mol. The zero-order valence-electron chi connectivity index (χ0n) is 21.6. The van der Waals surface area contributed by atoms with Crippen LogP contribution in [0.5, 0.6) is 0 Å². The molecule has 2 unspecified atom stereocenters. The molecule has 0 aromatic rings. The Labute approximate surface area is 197 Å². The highest BCUT2D eigenvalue weighted by molar-refractivity contribution is 6.58. The molecule has 0 aromatic heterocycles. The molecule has 0 aliphatic carbocycles. The first-order valence-electron chi connectivity index (χ1n) is 11.7. The van der Waals surface area contributed by atoms with E-state index in [4.69, 9.17) is 27.8 Å². The Balaban J connectivity index is 4.27. The van der Waals surface area contributed by atoms with E-state index in [-0.39, 0.29) is 17.7 Å². The van der Waals surface area contributed by atoms with E-state index in [1.54, 1.807) is 0 Å². The van der Waals surface area contributed by atoms with Crippen LogP contribution in [0.2, 0.25) is 0 Å². The van der Waals surface area contributed by atoms with Crippen LogP contribution in [-0.2, 0) is 23.8 Å². The molecule has 0 rings (SSSR count). The van der Waals surface area contributed by atoms with Crippen LogP contribution in [0.1, 0.15) is 93.4 Å². The number of esters is 1. The summed E-state index contributed by atoms with van der Waals surface area (Å²) in [5, 5.41) is 0. The van der Waals surface area contributed by atoms with Gasteiger partial charge >= 0.3 is 5.97 Å². The van der Waals surface area contributed by atoms with Gasteiger partial charge in [-0.3, -0.25) is 0 Å². The Bertz CT molecular complexity index is 603. The third kappa shape index (κ3) is 13.4. The molecule has 2 N–H and O–H groups in total. The van der Waals surface area contributed by atoms with Crippen molar-refractivity contribution >= 4 is 19.5 Å². The van der Waals surface area contributed by atoms with Crippen LogP contribution >= 0.6 is 0 Å². The smallest absolute Gasteiger partial charge is 0.330 e. The Kier molecular flexibility index (Phi) is 13.0. The molecule has 6 nitrogen and oxygen atoms in total. The first-order chi connectivity index (χ1) is 14.6. The summed E-state index contributed by atoms with van der Waals surface area (Å²) < 4.78 is 16.9. The number of carbonyl (C=O) groups excluding carboxylic acids is 2. The van der Waals surface area contributed by atoms with Crippen LogP contribution in [0.25, 0.3) is 0 Å². The van der Waals surface area contributed by atoms with Crippen LogP contribution in [0, 0.1) is 10.8 Å². The highest BCUT2D eigenvalue weighted by Gasteiger charge is 2.28. The SMILES string of the molecule is [B]C(=O)C(C)(CC)CCCC(C)(C)CCOC(C)(N)CCOC(C)(C)CCOC(=O)C=C. The van der Waals surface area contributed by atoms with Crippen LogP contribution in [-0.4, -0.2) is 50.6 Å². The third-order valence-corrected chi connectivity index (χ3v) is 6.37. The van der Waals surface area contributed by atoms with Crippen molar-refractivity contribution in [2.75, 3.05) is 19.8 Å². The van der Waals surface area contributed by atoms with E-state index in [9.17, 15) is 9.59 Å². The van der Waals surface area contributed by atoms with E-state index >= 15 is 0 Å². The molecule has 0 saturated heterocycles. The summed E-state index contributed by atoms with van der Waals surface area (Å²) in [4.78, 5) is 22.8. The standard InChI is InChI=1S/C25H46BNO5/c1-9-20(28)30-17-15-23(5,6)31-19-16-25(8,27)32-18-14-22(3,4)12-11-13-24(7,10-2)21(26)29/h9H,1,10-19,27H2,2-8H3. The minimum absolute atomic E-state index is 0.0870. The molecule has 2 atom stereocenters. The van der Waals surface area contributed by atoms with Crippen molar-refractivity contribution in [3.8, 4) is 0 Å². The van der Waals surface area contributed by atoms with Gasteiger partial charge < -0.3 is 24.7 Å². The van der Waals surface area contributed by atoms with Gasteiger partial charge in [-0.15, -0.1) is 0 Å². The van der Waals surface area contributed by atoms with E-state index in [0.717, 1.165) is 38.2 Å². The number of hydrogen-bond acceptors (Lipinski definition) is 6. The van der Waals surface area contributed by atoms with Crippen LogP contribution in [0.4, 0.5) is 0 Å². The lowest BCUT2D eigenvalue weighted by molar-refractivity contribution is -0.140. The van der Waals surface area contributed by atoms with Crippen LogP contribution in [0.15, 0.2) is 12.7 Å². The monoisotopic (exact) mass is 451 g/mol. The Hall–Kier alpha value is -1.18. The first kappa shape index (κ1) is 30.8. The van der Waals surface area contributed by atoms with E-state index in [2.05, 4.69) is 20.4 Å². The van der Waals surface area contributed by atoms with Gasteiger partial charge in [-0.05, 0) is 51.9 Å². The molecule has 0 heterocycles. The predicted molar refractivity (Wildman–Crippen MR) is 130 cm³/mol. The van der Waals surface area contributed by atoms with Gasteiger partial charge in [0.15, 0.2) is 7.85 Å². The normalized spacial score (nSPS) is 16.1. The Morgan fingerprint density at radius 1 is 0.906 bits per heavy atom. The van der Waals surface area contributed by atoms with Gasteiger partial charge in [0.05, 0.1) is 24.5 Å². The average molecular weight is 451 g/mol. The zero-order valence-corrected chi connectivity index (χ0v) is 21.6. The van der Waals surface area contributed by atoms with Gasteiger partial charge in [0, 0.05) is 30.9 Å². The fourth-order valence-electron chi connectivity index (χ4n) is 3.25. The minimum atomic E-state index is -0.784. The fraction of sp³-hybridized carbons (Fsp3) is 0.840. The lowest BCUT2D eigenvalue weighted by Gasteiger charge is -2.32. The third-order valence-electron chi connectivity index (χ3n) is 6.37. The Morgan fingerprint density at radius 3 is 2.03 bits per heavy atom. The van der Waals surface area contributed by atoms with Crippen molar-refractivity contribution < 1.29 is 23.8 Å². The van der Waals surface area contributed by atoms with E-state index in [1.807, 2.05) is 34.6 Å². The van der Waals surface area contributed by atoms with Crippen molar-refractivity contribution in [3.63, 3.8) is 0 Å². The minimum Gasteiger partial charge on any atom is -0.462 e. The molecule has 0 spiro atoms. The lowest BCUT2D eigenvalue weighted by Crippen LogP contribution is -2.42. The average Bonchev–Trinajstić information content (AvgIpc) is 2.66. The van der Waals surface area contributed by atoms with Crippen molar-refractivity contribution in [1.82, 2.24) is 0 Å². The second-order valence-electron chi connectivity index (χ2n) is 10.7. The molecule has 0 saturated carbocycles. The van der Waals surface area contributed by atoms with Gasteiger partial charge in [0.25, 0.3) is 0 Å². The van der Waals surface area contributed by atoms with Crippen molar-refractivity contribution in [2.24, 2.45) is 16.6 Å². The molecule has 32 heavy (non-hydrogen) atoms. The van der Waals surface area contributed by atoms with Gasteiger partial charge in [-0.1, -0.05) is 40.7 Å². The number of hydrogen-bond donors (Lipinski definition) is 1. The van der Waals surface area contributed by atoms with E-state index in [1.165, 1.54) is 0 Å². The van der Waals surface area contributed by atoms with Gasteiger partial charge in [0.2, 0.25) is 0 Å². The molecule has 0 aromatic carbocycles. The summed E-state index contributed by atoms with van der Waals surface area (Å²) in [6.45, 7) is 18.8. The number of rotatable bonds is 18. The summed E-state index contributed by atoms with van der Waals surface area (Å²) in [5.74, 6) is -0.432. The topological polar surface area (TPSA) is 87.8 Å². The van der Waals surface area contributed by atoms with Crippen molar-refractivity contribution in [3.05, 3.63) is 12.7 Å². The molecule has 0 bridgehead atoms. The Morgan fingerprint density at radius 2 is 1.50 bits per heavy atom. The molecule has 184 valence electrons. The van der Waals surface area contributed by atoms with Gasteiger partial charge in [-0.25, -0.2) is 4.79 Å². The van der Waals surface area contributed by atoms with Crippen LogP contribution in [0.3, 0.4) is 0 Å². The van der Waals surface area contributed by atoms with Gasteiger partial charge in [0.1, 0.15) is 5.72 Å². The van der Waals surface area contributed by atoms with E-state index in [0.29, 0.717) is 26.1 Å². The largest absolute Gasteiger partial charge is 0.462 e. The molecule has 0 aliphatic heterocycles. The number of ether oxygens (including phenoxy) is 3. The summed E-state index contributed by atoms with van der Waals surface area (Å²) in [6.07, 6.45) is 6.66. The zero-order chi connectivity index (χ0) is 25.1. The van der Waals surface area contributed by atoms with Gasteiger partial charge in [-0.2, -0.15) is 0 Å². The predicted octanol–water partition coefficient (Wildman–Crippen LogP) is 4.68. The molecular formula is C25H46BNO5. The number of nitrogens with two attached hydrogens (primary N) is 1. The van der Waals surface area contributed by atoms with E-state index < -0.39 is 22.7 Å².